The van der Waals surface area contributed by atoms with E-state index in [1.54, 1.807) is 24.3 Å². The van der Waals surface area contributed by atoms with Gasteiger partial charge in [-0.1, -0.05) is 12.1 Å². The van der Waals surface area contributed by atoms with Gasteiger partial charge in [0.05, 0.1) is 30.8 Å². The molecule has 1 atom stereocenters. The van der Waals surface area contributed by atoms with E-state index in [0.29, 0.717) is 45.2 Å². The van der Waals surface area contributed by atoms with Crippen molar-refractivity contribution >= 4 is 15.9 Å². The summed E-state index contributed by atoms with van der Waals surface area (Å²) >= 11 is 0. The van der Waals surface area contributed by atoms with Crippen LogP contribution in [-0.2, 0) is 19.6 Å². The van der Waals surface area contributed by atoms with Crippen LogP contribution < -0.4 is 14.8 Å². The average Bonchev–Trinajstić information content (AvgIpc) is 2.81. The van der Waals surface area contributed by atoms with Crippen LogP contribution in [-0.4, -0.2) is 65.2 Å². The largest absolute Gasteiger partial charge is 0.494 e. The van der Waals surface area contributed by atoms with E-state index in [9.17, 15) is 17.6 Å². The standard InChI is InChI=1S/C23H30FN3O5S/c1-2-32-20-7-9-21(10-8-20)33(29,30)26-12-11-23(28)25-17-22(27-13-15-31-16-14-27)18-3-5-19(24)6-4-18/h3-10,22,26H,2,11-17H2,1H3,(H,25,28)/t22-/m0/s1. The molecule has 2 aromatic rings. The molecule has 10 heteroatoms. The highest BCUT2D eigenvalue weighted by Crippen LogP contribution is 2.22. The van der Waals surface area contributed by atoms with Gasteiger partial charge in [0.15, 0.2) is 0 Å². The molecule has 0 unspecified atom stereocenters. The first kappa shape index (κ1) is 25.1. The number of carbonyl (C=O) groups excluding carboxylic acids is 1. The molecule has 1 saturated heterocycles. The second-order valence-corrected chi connectivity index (χ2v) is 9.34. The number of nitrogens with one attached hydrogen (secondary N) is 2. The summed E-state index contributed by atoms with van der Waals surface area (Å²) in [6.07, 6.45) is -0.00446. The quantitative estimate of drug-likeness (QED) is 0.512. The second-order valence-electron chi connectivity index (χ2n) is 7.57. The Hall–Kier alpha value is -2.53. The van der Waals surface area contributed by atoms with Gasteiger partial charge in [0.1, 0.15) is 11.6 Å². The second kappa shape index (κ2) is 12.1. The van der Waals surface area contributed by atoms with Crippen molar-refractivity contribution in [1.29, 1.82) is 0 Å². The van der Waals surface area contributed by atoms with Crippen molar-refractivity contribution in [1.82, 2.24) is 14.9 Å². The topological polar surface area (TPSA) is 97.0 Å². The fourth-order valence-electron chi connectivity index (χ4n) is 3.59. The maximum atomic E-state index is 13.4. The zero-order chi connectivity index (χ0) is 23.7. The van der Waals surface area contributed by atoms with E-state index in [1.165, 1.54) is 24.3 Å². The van der Waals surface area contributed by atoms with Gasteiger partial charge < -0.3 is 14.8 Å². The molecule has 1 fully saturated rings. The Balaban J connectivity index is 1.51. The molecule has 2 aromatic carbocycles. The highest BCUT2D eigenvalue weighted by Gasteiger charge is 2.23. The van der Waals surface area contributed by atoms with E-state index < -0.39 is 10.0 Å². The van der Waals surface area contributed by atoms with Gasteiger partial charge in [0.2, 0.25) is 15.9 Å². The van der Waals surface area contributed by atoms with E-state index >= 15 is 0 Å². The van der Waals surface area contributed by atoms with E-state index in [2.05, 4.69) is 14.9 Å². The summed E-state index contributed by atoms with van der Waals surface area (Å²) in [7, 11) is -3.73. The Morgan fingerprint density at radius 1 is 1.12 bits per heavy atom. The van der Waals surface area contributed by atoms with Gasteiger partial charge in [0, 0.05) is 32.6 Å². The summed E-state index contributed by atoms with van der Waals surface area (Å²) in [5.41, 5.74) is 0.898. The van der Waals surface area contributed by atoms with Crippen molar-refractivity contribution in [2.45, 2.75) is 24.3 Å². The zero-order valence-corrected chi connectivity index (χ0v) is 19.4. The number of benzene rings is 2. The molecule has 0 spiro atoms. The van der Waals surface area contributed by atoms with Crippen LogP contribution in [0.25, 0.3) is 0 Å². The fourth-order valence-corrected chi connectivity index (χ4v) is 4.63. The molecule has 180 valence electrons. The number of hydrogen-bond donors (Lipinski definition) is 2. The molecule has 0 aromatic heterocycles. The van der Waals surface area contributed by atoms with E-state index in [4.69, 9.17) is 9.47 Å². The van der Waals surface area contributed by atoms with Crippen LogP contribution in [0.5, 0.6) is 5.75 Å². The lowest BCUT2D eigenvalue weighted by Crippen LogP contribution is -2.44. The third kappa shape index (κ3) is 7.50. The molecule has 0 bridgehead atoms. The Bertz CT molecular complexity index is 994. The zero-order valence-electron chi connectivity index (χ0n) is 18.6. The first-order chi connectivity index (χ1) is 15.9. The Kier molecular flexibility index (Phi) is 9.19. The van der Waals surface area contributed by atoms with E-state index in [1.807, 2.05) is 6.92 Å². The van der Waals surface area contributed by atoms with Gasteiger partial charge in [-0.2, -0.15) is 0 Å². The smallest absolute Gasteiger partial charge is 0.240 e. The van der Waals surface area contributed by atoms with Crippen molar-refractivity contribution in [2.75, 3.05) is 46.0 Å². The normalized spacial score (nSPS) is 15.7. The minimum atomic E-state index is -3.73. The van der Waals surface area contributed by atoms with Gasteiger partial charge in [0.25, 0.3) is 0 Å². The van der Waals surface area contributed by atoms with Gasteiger partial charge >= 0.3 is 0 Å². The molecule has 0 radical (unpaired) electrons. The van der Waals surface area contributed by atoms with Crippen molar-refractivity contribution < 1.29 is 27.1 Å². The monoisotopic (exact) mass is 479 g/mol. The number of halogens is 1. The molecular formula is C23H30FN3O5S. The molecule has 33 heavy (non-hydrogen) atoms. The number of sulfonamides is 1. The third-order valence-corrected chi connectivity index (χ3v) is 6.80. The van der Waals surface area contributed by atoms with Crippen LogP contribution in [0.15, 0.2) is 53.4 Å². The van der Waals surface area contributed by atoms with Crippen molar-refractivity contribution in [3.63, 3.8) is 0 Å². The summed E-state index contributed by atoms with van der Waals surface area (Å²) in [5, 5.41) is 2.87. The number of rotatable bonds is 11. The van der Waals surface area contributed by atoms with Gasteiger partial charge in [-0.05, 0) is 48.9 Å². The van der Waals surface area contributed by atoms with Crippen LogP contribution in [0, 0.1) is 5.82 Å². The molecular weight excluding hydrogens is 449 g/mol. The van der Waals surface area contributed by atoms with E-state index in [-0.39, 0.29) is 35.6 Å². The number of nitrogens with zero attached hydrogens (tertiary/aromatic N) is 1. The Labute approximate surface area is 194 Å². The predicted molar refractivity (Wildman–Crippen MR) is 122 cm³/mol. The summed E-state index contributed by atoms with van der Waals surface area (Å²) in [6, 6.07) is 12.2. The summed E-state index contributed by atoms with van der Waals surface area (Å²) in [5.74, 6) is -0.0000967. The highest BCUT2D eigenvalue weighted by atomic mass is 32.2. The van der Waals surface area contributed by atoms with Crippen LogP contribution in [0.1, 0.15) is 24.9 Å². The van der Waals surface area contributed by atoms with Gasteiger partial charge in [-0.15, -0.1) is 0 Å². The third-order valence-electron chi connectivity index (χ3n) is 5.32. The summed E-state index contributed by atoms with van der Waals surface area (Å²) in [6.45, 7) is 5.25. The molecule has 1 aliphatic heterocycles. The van der Waals surface area contributed by atoms with Crippen LogP contribution in [0.2, 0.25) is 0 Å². The van der Waals surface area contributed by atoms with E-state index in [0.717, 1.165) is 5.56 Å². The minimum Gasteiger partial charge on any atom is -0.494 e. The Morgan fingerprint density at radius 2 is 1.79 bits per heavy atom. The highest BCUT2D eigenvalue weighted by molar-refractivity contribution is 7.89. The Morgan fingerprint density at radius 3 is 2.42 bits per heavy atom. The lowest BCUT2D eigenvalue weighted by molar-refractivity contribution is -0.121. The molecule has 3 rings (SSSR count). The minimum absolute atomic E-state index is 0.00446. The predicted octanol–water partition coefficient (Wildman–Crippen LogP) is 2.08. The average molecular weight is 480 g/mol. The fraction of sp³-hybridized carbons (Fsp3) is 0.435. The maximum absolute atomic E-state index is 13.4. The number of ether oxygens (including phenoxy) is 2. The van der Waals surface area contributed by atoms with Gasteiger partial charge in [-0.25, -0.2) is 17.5 Å². The van der Waals surface area contributed by atoms with Crippen LogP contribution >= 0.6 is 0 Å². The lowest BCUT2D eigenvalue weighted by Gasteiger charge is -2.35. The number of carbonyl (C=O) groups is 1. The first-order valence-corrected chi connectivity index (χ1v) is 12.4. The van der Waals surface area contributed by atoms with Crippen molar-refractivity contribution in [2.24, 2.45) is 0 Å². The first-order valence-electron chi connectivity index (χ1n) is 11.0. The molecule has 2 N–H and O–H groups in total. The lowest BCUT2D eigenvalue weighted by atomic mass is 10.0. The van der Waals surface area contributed by atoms with Crippen LogP contribution in [0.4, 0.5) is 4.39 Å². The molecule has 1 heterocycles. The van der Waals surface area contributed by atoms with Crippen LogP contribution in [0.3, 0.4) is 0 Å². The number of amides is 1. The molecule has 1 aliphatic rings. The van der Waals surface area contributed by atoms with Crippen molar-refractivity contribution in [3.05, 3.63) is 59.9 Å². The molecule has 0 aliphatic carbocycles. The molecule has 8 nitrogen and oxygen atoms in total. The molecule has 0 saturated carbocycles. The molecule has 1 amide bonds. The maximum Gasteiger partial charge on any atom is 0.240 e. The summed E-state index contributed by atoms with van der Waals surface area (Å²) < 4.78 is 51.4. The van der Waals surface area contributed by atoms with Crippen molar-refractivity contribution in [3.8, 4) is 5.75 Å². The number of hydrogen-bond acceptors (Lipinski definition) is 6. The SMILES string of the molecule is CCOc1ccc(S(=O)(=O)NCCC(=O)NC[C@@H](c2ccc(F)cc2)N2CCOCC2)cc1. The van der Waals surface area contributed by atoms with Gasteiger partial charge in [-0.3, -0.25) is 9.69 Å². The summed E-state index contributed by atoms with van der Waals surface area (Å²) in [4.78, 5) is 14.7. The number of morpholine rings is 1.